The van der Waals surface area contributed by atoms with Crippen LogP contribution >= 0.6 is 0 Å². The molecule has 0 aromatic carbocycles. The third-order valence-electron chi connectivity index (χ3n) is 1.92. The van der Waals surface area contributed by atoms with Gasteiger partial charge in [0.15, 0.2) is 5.75 Å². The summed E-state index contributed by atoms with van der Waals surface area (Å²) in [5.41, 5.74) is 3.78. The molecule has 1 heterocycles. The molecule has 0 radical (unpaired) electrons. The molecule has 0 aliphatic carbocycles. The largest absolute Gasteiger partial charge is 0.573 e. The Kier molecular flexibility index (Phi) is 3.96. The van der Waals surface area contributed by atoms with Crippen LogP contribution in [0.4, 0.5) is 13.2 Å². The molecule has 0 fully saturated rings. The van der Waals surface area contributed by atoms with E-state index in [-0.39, 0.29) is 17.8 Å². The number of nitrogens with two attached hydrogens (primary N) is 1. The Bertz CT molecular complexity index is 510. The smallest absolute Gasteiger partial charge is 0.465 e. The second-order valence-corrected chi connectivity index (χ2v) is 3.10. The van der Waals surface area contributed by atoms with Gasteiger partial charge in [0.2, 0.25) is 0 Å². The van der Waals surface area contributed by atoms with Gasteiger partial charge in [0.05, 0.1) is 12.7 Å². The zero-order valence-corrected chi connectivity index (χ0v) is 9.13. The lowest BCUT2D eigenvalue weighted by atomic mass is 10.2. The number of H-pyrrole nitrogens is 1. The number of rotatable bonds is 3. The van der Waals surface area contributed by atoms with Gasteiger partial charge in [-0.15, -0.1) is 13.2 Å². The minimum absolute atomic E-state index is 0.0404. The Morgan fingerprint density at radius 3 is 2.56 bits per heavy atom. The van der Waals surface area contributed by atoms with Crippen LogP contribution in [0.15, 0.2) is 10.9 Å². The molecule has 9 heteroatoms. The summed E-state index contributed by atoms with van der Waals surface area (Å²) in [5.74, 6) is -1.99. The average molecular weight is 266 g/mol. The number of alkyl halides is 3. The molecule has 6 nitrogen and oxygen atoms in total. The monoisotopic (exact) mass is 266 g/mol. The van der Waals surface area contributed by atoms with Crippen molar-refractivity contribution in [1.82, 2.24) is 4.98 Å². The van der Waals surface area contributed by atoms with Crippen LogP contribution in [0.3, 0.4) is 0 Å². The molecule has 3 N–H and O–H groups in total. The van der Waals surface area contributed by atoms with Gasteiger partial charge in [-0.05, 0) is 0 Å². The van der Waals surface area contributed by atoms with Crippen molar-refractivity contribution in [2.24, 2.45) is 5.73 Å². The Hall–Kier alpha value is -2.03. The minimum Gasteiger partial charge on any atom is -0.465 e. The van der Waals surface area contributed by atoms with Crippen LogP contribution in [0.25, 0.3) is 0 Å². The zero-order chi connectivity index (χ0) is 13.9. The van der Waals surface area contributed by atoms with E-state index in [0.29, 0.717) is 6.07 Å². The maximum Gasteiger partial charge on any atom is 0.573 e. The van der Waals surface area contributed by atoms with Crippen molar-refractivity contribution in [2.75, 3.05) is 7.11 Å². The van der Waals surface area contributed by atoms with Crippen LogP contribution in [0.1, 0.15) is 16.1 Å². The Balaban J connectivity index is 3.30. The molecule has 0 amide bonds. The molecule has 0 aliphatic rings. The number of esters is 1. The molecule has 0 unspecified atom stereocenters. The van der Waals surface area contributed by atoms with Crippen molar-refractivity contribution in [3.8, 4) is 5.75 Å². The first-order valence-corrected chi connectivity index (χ1v) is 4.58. The van der Waals surface area contributed by atoms with E-state index in [2.05, 4.69) is 9.47 Å². The number of ether oxygens (including phenoxy) is 2. The average Bonchev–Trinajstić information content (AvgIpc) is 2.28. The number of carbonyl (C=O) groups excluding carboxylic acids is 1. The highest BCUT2D eigenvalue weighted by atomic mass is 19.4. The summed E-state index contributed by atoms with van der Waals surface area (Å²) >= 11 is 0. The van der Waals surface area contributed by atoms with E-state index < -0.39 is 23.6 Å². The summed E-state index contributed by atoms with van der Waals surface area (Å²) in [6.07, 6.45) is -5.04. The molecule has 100 valence electrons. The van der Waals surface area contributed by atoms with Gasteiger partial charge in [0, 0.05) is 18.3 Å². The number of pyridine rings is 1. The molecule has 0 spiro atoms. The van der Waals surface area contributed by atoms with Gasteiger partial charge < -0.3 is 20.2 Å². The van der Waals surface area contributed by atoms with E-state index >= 15 is 0 Å². The zero-order valence-electron chi connectivity index (χ0n) is 9.13. The summed E-state index contributed by atoms with van der Waals surface area (Å²) in [6.45, 7) is -0.244. The molecule has 0 bridgehead atoms. The van der Waals surface area contributed by atoms with E-state index in [9.17, 15) is 22.8 Å². The number of carbonyl (C=O) groups is 1. The number of aromatic amines is 1. The van der Waals surface area contributed by atoms with Gasteiger partial charge in [0.1, 0.15) is 0 Å². The number of halogens is 3. The van der Waals surface area contributed by atoms with Crippen LogP contribution in [0.2, 0.25) is 0 Å². The second kappa shape index (κ2) is 5.08. The van der Waals surface area contributed by atoms with E-state index in [1.54, 1.807) is 0 Å². The number of methoxy groups -OCH3 is 1. The number of nitrogens with one attached hydrogen (secondary N) is 1. The normalized spacial score (nSPS) is 11.2. The summed E-state index contributed by atoms with van der Waals surface area (Å²) in [5, 5.41) is 0. The first-order chi connectivity index (χ1) is 8.28. The number of hydrogen-bond donors (Lipinski definition) is 2. The maximum absolute atomic E-state index is 12.0. The first kappa shape index (κ1) is 14.0. The summed E-state index contributed by atoms with van der Waals surface area (Å²) in [4.78, 5) is 24.6. The third kappa shape index (κ3) is 3.23. The van der Waals surface area contributed by atoms with Gasteiger partial charge in [-0.2, -0.15) is 0 Å². The van der Waals surface area contributed by atoms with Crippen molar-refractivity contribution >= 4 is 5.97 Å². The van der Waals surface area contributed by atoms with Gasteiger partial charge in [-0.1, -0.05) is 0 Å². The first-order valence-electron chi connectivity index (χ1n) is 4.58. The SMILES string of the molecule is COC(=O)c1cc(OC(F)(F)F)c(=O)[nH]c1CN. The van der Waals surface area contributed by atoms with Crippen molar-refractivity contribution in [1.29, 1.82) is 0 Å². The summed E-state index contributed by atoms with van der Waals surface area (Å²) in [7, 11) is 1.04. The van der Waals surface area contributed by atoms with E-state index in [4.69, 9.17) is 5.73 Å². The molecule has 0 saturated carbocycles. The highest BCUT2D eigenvalue weighted by Crippen LogP contribution is 2.21. The summed E-state index contributed by atoms with van der Waals surface area (Å²) in [6, 6.07) is 0.639. The van der Waals surface area contributed by atoms with E-state index in [1.165, 1.54) is 0 Å². The molecule has 18 heavy (non-hydrogen) atoms. The molecule has 0 aliphatic heterocycles. The fourth-order valence-corrected chi connectivity index (χ4v) is 1.20. The van der Waals surface area contributed by atoms with Crippen LogP contribution in [-0.2, 0) is 11.3 Å². The van der Waals surface area contributed by atoms with Crippen LogP contribution in [0.5, 0.6) is 5.75 Å². The molecule has 0 saturated heterocycles. The van der Waals surface area contributed by atoms with Crippen LogP contribution < -0.4 is 16.0 Å². The third-order valence-corrected chi connectivity index (χ3v) is 1.92. The molecular weight excluding hydrogens is 257 g/mol. The lowest BCUT2D eigenvalue weighted by Crippen LogP contribution is -2.25. The van der Waals surface area contributed by atoms with E-state index in [1.807, 2.05) is 4.98 Å². The highest BCUT2D eigenvalue weighted by molar-refractivity contribution is 5.90. The number of hydrogen-bond acceptors (Lipinski definition) is 5. The molecule has 0 atom stereocenters. The lowest BCUT2D eigenvalue weighted by Gasteiger charge is -2.11. The molecule has 1 aromatic heterocycles. The lowest BCUT2D eigenvalue weighted by molar-refractivity contribution is -0.275. The molecule has 1 rings (SSSR count). The Morgan fingerprint density at radius 2 is 2.11 bits per heavy atom. The minimum atomic E-state index is -5.04. The predicted octanol–water partition coefficient (Wildman–Crippen LogP) is 0.519. The van der Waals surface area contributed by atoms with Crippen LogP contribution in [0, 0.1) is 0 Å². The second-order valence-electron chi connectivity index (χ2n) is 3.10. The molecular formula is C9H9F3N2O4. The van der Waals surface area contributed by atoms with Crippen molar-refractivity contribution < 1.29 is 27.4 Å². The standard InChI is InChI=1S/C9H9F3N2O4/c1-17-8(16)4-2-6(18-9(10,11)12)7(15)14-5(4)3-13/h2H,3,13H2,1H3,(H,14,15). The van der Waals surface area contributed by atoms with Crippen molar-refractivity contribution in [3.05, 3.63) is 27.7 Å². The quantitative estimate of drug-likeness (QED) is 0.778. The molecule has 1 aromatic rings. The summed E-state index contributed by atoms with van der Waals surface area (Å²) < 4.78 is 43.8. The van der Waals surface area contributed by atoms with Crippen molar-refractivity contribution in [3.63, 3.8) is 0 Å². The van der Waals surface area contributed by atoms with Gasteiger partial charge >= 0.3 is 12.3 Å². The van der Waals surface area contributed by atoms with Crippen molar-refractivity contribution in [2.45, 2.75) is 12.9 Å². The van der Waals surface area contributed by atoms with Crippen LogP contribution in [-0.4, -0.2) is 24.4 Å². The topological polar surface area (TPSA) is 94.4 Å². The van der Waals surface area contributed by atoms with Gasteiger partial charge in [-0.25, -0.2) is 4.79 Å². The fourth-order valence-electron chi connectivity index (χ4n) is 1.20. The van der Waals surface area contributed by atoms with E-state index in [0.717, 1.165) is 7.11 Å². The predicted molar refractivity (Wildman–Crippen MR) is 53.0 cm³/mol. The Labute approximate surface area is 98.5 Å². The Morgan fingerprint density at radius 1 is 1.50 bits per heavy atom. The highest BCUT2D eigenvalue weighted by Gasteiger charge is 2.33. The van der Waals surface area contributed by atoms with Gasteiger partial charge in [0.25, 0.3) is 5.56 Å². The maximum atomic E-state index is 12.0. The van der Waals surface area contributed by atoms with Gasteiger partial charge in [-0.3, -0.25) is 4.79 Å². The fraction of sp³-hybridized carbons (Fsp3) is 0.333. The number of aromatic nitrogens is 1.